The normalized spacial score (nSPS) is 18.9. The smallest absolute Gasteiger partial charge is 0.263 e. The highest BCUT2D eigenvalue weighted by atomic mass is 32.2. The van der Waals surface area contributed by atoms with Crippen molar-refractivity contribution in [3.05, 3.63) is 41.9 Å². The Balaban J connectivity index is 1.82. The summed E-state index contributed by atoms with van der Waals surface area (Å²) in [6.45, 7) is 1.74. The van der Waals surface area contributed by atoms with E-state index in [1.54, 1.807) is 18.5 Å². The molecule has 0 bridgehead atoms. The van der Waals surface area contributed by atoms with E-state index in [1.807, 2.05) is 11.8 Å². The summed E-state index contributed by atoms with van der Waals surface area (Å²) in [5, 5.41) is 13.7. The molecule has 0 saturated carbocycles. The summed E-state index contributed by atoms with van der Waals surface area (Å²) in [7, 11) is 0. The maximum atomic E-state index is 13.1. The maximum absolute atomic E-state index is 13.1. The van der Waals surface area contributed by atoms with Crippen LogP contribution in [0.5, 0.6) is 0 Å². The van der Waals surface area contributed by atoms with Gasteiger partial charge in [0.15, 0.2) is 5.83 Å². The number of carbonyl (C=O) groups excluding carboxylic acids is 1. The van der Waals surface area contributed by atoms with Crippen LogP contribution in [0.25, 0.3) is 0 Å². The van der Waals surface area contributed by atoms with E-state index in [2.05, 4.69) is 31.8 Å². The molecule has 2 aliphatic heterocycles. The largest absolute Gasteiger partial charge is 0.383 e. The van der Waals surface area contributed by atoms with Gasteiger partial charge in [-0.15, -0.1) is 0 Å². The number of aliphatic imine (C=N–C) groups is 1. The molecule has 8 nitrogen and oxygen atoms in total. The molecular weight excluding hydrogens is 381 g/mol. The van der Waals surface area contributed by atoms with Gasteiger partial charge in [-0.2, -0.15) is 11.8 Å². The number of rotatable bonds is 5. The minimum Gasteiger partial charge on any atom is -0.383 e. The van der Waals surface area contributed by atoms with Gasteiger partial charge in [-0.05, 0) is 25.2 Å². The molecule has 1 fully saturated rings. The van der Waals surface area contributed by atoms with Gasteiger partial charge in [0, 0.05) is 30.7 Å². The van der Waals surface area contributed by atoms with E-state index in [1.165, 1.54) is 0 Å². The highest BCUT2D eigenvalue weighted by Crippen LogP contribution is 2.30. The number of carbonyl (C=O) groups is 1. The minimum atomic E-state index is -0.602. The van der Waals surface area contributed by atoms with Crippen molar-refractivity contribution in [3.63, 3.8) is 0 Å². The number of aromatic nitrogens is 1. The average molecular weight is 403 g/mol. The zero-order valence-corrected chi connectivity index (χ0v) is 16.2. The number of halogens is 1. The molecule has 3 rings (SSSR count). The van der Waals surface area contributed by atoms with E-state index in [0.29, 0.717) is 10.9 Å². The zero-order valence-electron chi connectivity index (χ0n) is 15.4. The van der Waals surface area contributed by atoms with Crippen LogP contribution in [0.3, 0.4) is 0 Å². The van der Waals surface area contributed by atoms with Gasteiger partial charge >= 0.3 is 0 Å². The van der Waals surface area contributed by atoms with Crippen LogP contribution in [0.1, 0.15) is 12.8 Å². The number of thioether (sulfide) groups is 1. The number of pyridine rings is 1. The number of piperidine rings is 1. The van der Waals surface area contributed by atoms with Crippen molar-refractivity contribution in [3.8, 4) is 0 Å². The molecule has 10 heteroatoms. The first-order chi connectivity index (χ1) is 13.5. The number of nitrogens with one attached hydrogen (secondary N) is 3. The van der Waals surface area contributed by atoms with Gasteiger partial charge in [-0.3, -0.25) is 15.2 Å². The summed E-state index contributed by atoms with van der Waals surface area (Å²) in [4.78, 5) is 23.0. The van der Waals surface area contributed by atoms with E-state index >= 15 is 0 Å². The van der Waals surface area contributed by atoms with Crippen molar-refractivity contribution in [2.24, 2.45) is 10.7 Å². The van der Waals surface area contributed by atoms with Crippen LogP contribution in [0, 0.1) is 5.41 Å². The van der Waals surface area contributed by atoms with Crippen molar-refractivity contribution in [2.75, 3.05) is 29.6 Å². The molecule has 2 aliphatic rings. The fraction of sp³-hybridized carbons (Fsp3) is 0.333. The van der Waals surface area contributed by atoms with E-state index in [0.717, 1.165) is 44.0 Å². The Morgan fingerprint density at radius 1 is 1.46 bits per heavy atom. The second kappa shape index (κ2) is 8.87. The standard InChI is InChI=1S/C18H22FN7OS/c1-28-12-3-6-26(7-4-12)14-10-22-5-2-13(14)25-18(27)15(16(20)21)17-23-8-11(19)9-24-17/h2,5,8-10,12,23H,3-4,6-7H2,1H3,(H3,20,21)(H,22,25,27)/b17-15-. The van der Waals surface area contributed by atoms with Crippen LogP contribution in [-0.2, 0) is 4.79 Å². The molecule has 28 heavy (non-hydrogen) atoms. The predicted molar refractivity (Wildman–Crippen MR) is 111 cm³/mol. The molecular formula is C18H22FN7OS. The third kappa shape index (κ3) is 4.50. The molecule has 0 aliphatic carbocycles. The molecule has 3 heterocycles. The number of anilines is 2. The molecule has 0 aromatic carbocycles. The molecule has 0 spiro atoms. The number of amides is 1. The summed E-state index contributed by atoms with van der Waals surface area (Å²) < 4.78 is 13.1. The summed E-state index contributed by atoms with van der Waals surface area (Å²) in [6.07, 6.45) is 9.54. The van der Waals surface area contributed by atoms with Gasteiger partial charge < -0.3 is 21.3 Å². The van der Waals surface area contributed by atoms with Gasteiger partial charge in [0.1, 0.15) is 17.2 Å². The van der Waals surface area contributed by atoms with Gasteiger partial charge in [0.2, 0.25) is 0 Å². The number of hydrogen-bond acceptors (Lipinski definition) is 7. The van der Waals surface area contributed by atoms with Crippen LogP contribution in [0.15, 0.2) is 46.9 Å². The van der Waals surface area contributed by atoms with Crippen LogP contribution >= 0.6 is 11.8 Å². The first kappa shape index (κ1) is 19.9. The van der Waals surface area contributed by atoms with Crippen LogP contribution in [-0.4, -0.2) is 47.5 Å². The molecule has 5 N–H and O–H groups in total. The van der Waals surface area contributed by atoms with Crippen molar-refractivity contribution in [1.29, 1.82) is 5.41 Å². The lowest BCUT2D eigenvalue weighted by molar-refractivity contribution is -0.112. The van der Waals surface area contributed by atoms with Crippen molar-refractivity contribution < 1.29 is 9.18 Å². The lowest BCUT2D eigenvalue weighted by atomic mass is 10.1. The number of nitrogens with zero attached hydrogens (tertiary/aromatic N) is 3. The number of hydrogen-bond donors (Lipinski definition) is 4. The van der Waals surface area contributed by atoms with Gasteiger partial charge in [-0.1, -0.05) is 0 Å². The van der Waals surface area contributed by atoms with Gasteiger partial charge in [-0.25, -0.2) is 9.38 Å². The first-order valence-corrected chi connectivity index (χ1v) is 10.1. The molecule has 0 unspecified atom stereocenters. The Labute approximate surface area is 166 Å². The molecule has 1 saturated heterocycles. The third-order valence-corrected chi connectivity index (χ3v) is 5.70. The Kier molecular flexibility index (Phi) is 6.30. The Morgan fingerprint density at radius 3 is 2.82 bits per heavy atom. The van der Waals surface area contributed by atoms with Crippen LogP contribution < -0.4 is 21.3 Å². The Bertz CT molecular complexity index is 859. The summed E-state index contributed by atoms with van der Waals surface area (Å²) in [5.74, 6) is -1.64. The topological polar surface area (TPSA) is 119 Å². The lowest BCUT2D eigenvalue weighted by Gasteiger charge is -2.33. The fourth-order valence-corrected chi connectivity index (χ4v) is 3.78. The fourth-order valence-electron chi connectivity index (χ4n) is 3.09. The van der Waals surface area contributed by atoms with Crippen molar-refractivity contribution in [2.45, 2.75) is 18.1 Å². The van der Waals surface area contributed by atoms with E-state index in [4.69, 9.17) is 11.1 Å². The third-order valence-electron chi connectivity index (χ3n) is 4.56. The quantitative estimate of drug-likeness (QED) is 0.339. The number of amidine groups is 1. The summed E-state index contributed by atoms with van der Waals surface area (Å²) >= 11 is 1.87. The Hall–Kier alpha value is -2.88. The first-order valence-electron chi connectivity index (χ1n) is 8.77. The monoisotopic (exact) mass is 403 g/mol. The molecule has 148 valence electrons. The van der Waals surface area contributed by atoms with E-state index in [9.17, 15) is 9.18 Å². The van der Waals surface area contributed by atoms with Crippen LogP contribution in [0.2, 0.25) is 0 Å². The van der Waals surface area contributed by atoms with E-state index in [-0.39, 0.29) is 11.4 Å². The summed E-state index contributed by atoms with van der Waals surface area (Å²) in [5.41, 5.74) is 6.80. The van der Waals surface area contributed by atoms with E-state index < -0.39 is 17.6 Å². The molecule has 1 amide bonds. The second-order valence-corrected chi connectivity index (χ2v) is 7.48. The second-order valence-electron chi connectivity index (χ2n) is 6.34. The lowest BCUT2D eigenvalue weighted by Crippen LogP contribution is -2.36. The van der Waals surface area contributed by atoms with Gasteiger partial charge in [0.05, 0.1) is 23.8 Å². The molecule has 1 aromatic rings. The molecule has 1 aromatic heterocycles. The number of nitrogens with two attached hydrogens (primary N) is 1. The highest BCUT2D eigenvalue weighted by Gasteiger charge is 2.24. The van der Waals surface area contributed by atoms with Gasteiger partial charge in [0.25, 0.3) is 5.91 Å². The maximum Gasteiger partial charge on any atom is 0.263 e. The molecule has 0 radical (unpaired) electrons. The Morgan fingerprint density at radius 2 is 2.21 bits per heavy atom. The van der Waals surface area contributed by atoms with Crippen LogP contribution in [0.4, 0.5) is 15.8 Å². The zero-order chi connectivity index (χ0) is 20.1. The highest BCUT2D eigenvalue weighted by molar-refractivity contribution is 7.99. The molecule has 0 atom stereocenters. The average Bonchev–Trinajstić information content (AvgIpc) is 2.70. The van der Waals surface area contributed by atoms with Crippen molar-refractivity contribution >= 4 is 41.1 Å². The van der Waals surface area contributed by atoms with Crippen molar-refractivity contribution in [1.82, 2.24) is 10.3 Å². The number of allylic oxidation sites excluding steroid dienone is 1. The predicted octanol–water partition coefficient (Wildman–Crippen LogP) is 1.98. The minimum absolute atomic E-state index is 0.0165. The summed E-state index contributed by atoms with van der Waals surface area (Å²) in [6, 6.07) is 1.70. The SMILES string of the molecule is CSC1CCN(c2cnccc2NC(=O)/C(C(=N)N)=C2\N=CC(F)=CN2)CC1.